The van der Waals surface area contributed by atoms with E-state index in [1.165, 1.54) is 6.34 Å². The van der Waals surface area contributed by atoms with Crippen molar-refractivity contribution in [1.82, 2.24) is 5.48 Å². The summed E-state index contributed by atoms with van der Waals surface area (Å²) in [6.45, 7) is 1.98. The highest BCUT2D eigenvalue weighted by Gasteiger charge is 2.04. The summed E-state index contributed by atoms with van der Waals surface area (Å²) in [5, 5.41) is 8.51. The van der Waals surface area contributed by atoms with Gasteiger partial charge in [-0.3, -0.25) is 10.7 Å². The largest absolute Gasteiger partial charge is 0.455 e. The Morgan fingerprint density at radius 1 is 1.06 bits per heavy atom. The molecule has 0 aliphatic heterocycles. The monoisotopic (exact) mass is 242 g/mol. The molecule has 0 aromatic heterocycles. The Balaban J connectivity index is 2.29. The van der Waals surface area contributed by atoms with Crippen LogP contribution in [0.15, 0.2) is 53.5 Å². The van der Waals surface area contributed by atoms with E-state index in [2.05, 4.69) is 4.99 Å². The van der Waals surface area contributed by atoms with Gasteiger partial charge >= 0.3 is 0 Å². The number of para-hydroxylation sites is 3. The predicted octanol–water partition coefficient (Wildman–Crippen LogP) is 3.43. The third kappa shape index (κ3) is 2.87. The van der Waals surface area contributed by atoms with Crippen LogP contribution in [-0.2, 0) is 0 Å². The predicted molar refractivity (Wildman–Crippen MR) is 70.8 cm³/mol. The average Bonchev–Trinajstić information content (AvgIpc) is 2.40. The van der Waals surface area contributed by atoms with Crippen LogP contribution in [0.5, 0.6) is 11.5 Å². The Morgan fingerprint density at radius 3 is 2.44 bits per heavy atom. The van der Waals surface area contributed by atoms with Crippen molar-refractivity contribution in [2.45, 2.75) is 6.92 Å². The average molecular weight is 242 g/mol. The van der Waals surface area contributed by atoms with Gasteiger partial charge in [-0.15, -0.1) is 0 Å². The zero-order valence-electron chi connectivity index (χ0n) is 10.00. The molecule has 0 saturated carbocycles. The van der Waals surface area contributed by atoms with E-state index in [4.69, 9.17) is 9.94 Å². The lowest BCUT2D eigenvalue weighted by Crippen LogP contribution is -2.01. The van der Waals surface area contributed by atoms with E-state index in [0.29, 0.717) is 11.4 Å². The molecule has 0 atom stereocenters. The molecule has 0 aliphatic carbocycles. The van der Waals surface area contributed by atoms with Crippen molar-refractivity contribution >= 4 is 12.0 Å². The summed E-state index contributed by atoms with van der Waals surface area (Å²) >= 11 is 0. The van der Waals surface area contributed by atoms with Gasteiger partial charge in [-0.1, -0.05) is 30.3 Å². The van der Waals surface area contributed by atoms with E-state index in [-0.39, 0.29) is 0 Å². The Hall–Kier alpha value is -2.33. The molecule has 0 spiro atoms. The molecule has 0 aliphatic rings. The third-order valence-corrected chi connectivity index (χ3v) is 2.44. The van der Waals surface area contributed by atoms with E-state index in [0.717, 1.165) is 11.3 Å². The zero-order chi connectivity index (χ0) is 12.8. The maximum Gasteiger partial charge on any atom is 0.153 e. The van der Waals surface area contributed by atoms with Gasteiger partial charge in [0, 0.05) is 0 Å². The smallest absolute Gasteiger partial charge is 0.153 e. The molecule has 2 N–H and O–H groups in total. The molecular weight excluding hydrogens is 228 g/mol. The molecule has 0 radical (unpaired) electrons. The number of nitrogens with one attached hydrogen (secondary N) is 1. The molecule has 2 aromatic rings. The summed E-state index contributed by atoms with van der Waals surface area (Å²) in [6.07, 6.45) is 1.19. The molecule has 0 fully saturated rings. The minimum Gasteiger partial charge on any atom is -0.455 e. The quantitative estimate of drug-likeness (QED) is 0.490. The molecule has 4 nitrogen and oxygen atoms in total. The first-order valence-corrected chi connectivity index (χ1v) is 5.56. The van der Waals surface area contributed by atoms with Gasteiger partial charge in [0.15, 0.2) is 5.75 Å². The molecule has 18 heavy (non-hydrogen) atoms. The van der Waals surface area contributed by atoms with Crippen LogP contribution in [-0.4, -0.2) is 11.5 Å². The lowest BCUT2D eigenvalue weighted by Gasteiger charge is -2.10. The molecule has 0 amide bonds. The highest BCUT2D eigenvalue weighted by atomic mass is 16.5. The molecule has 0 heterocycles. The van der Waals surface area contributed by atoms with Gasteiger partial charge in [0.05, 0.1) is 0 Å². The molecule has 0 bridgehead atoms. The number of hydrogen-bond acceptors (Lipinski definition) is 3. The van der Waals surface area contributed by atoms with Crippen LogP contribution in [0.25, 0.3) is 0 Å². The molecule has 4 heteroatoms. The van der Waals surface area contributed by atoms with E-state index in [1.54, 1.807) is 6.07 Å². The minimum atomic E-state index is 0.637. The van der Waals surface area contributed by atoms with E-state index < -0.39 is 0 Å². The Morgan fingerprint density at radius 2 is 1.72 bits per heavy atom. The van der Waals surface area contributed by atoms with Gasteiger partial charge < -0.3 is 4.74 Å². The highest BCUT2D eigenvalue weighted by Crippen LogP contribution is 2.32. The first kappa shape index (κ1) is 12.1. The van der Waals surface area contributed by atoms with Gasteiger partial charge in [-0.25, -0.2) is 4.99 Å². The first-order chi connectivity index (χ1) is 8.81. The Bertz CT molecular complexity index is 553. The lowest BCUT2D eigenvalue weighted by atomic mass is 10.2. The van der Waals surface area contributed by atoms with Crippen molar-refractivity contribution in [1.29, 1.82) is 0 Å². The molecule has 92 valence electrons. The number of ether oxygens (including phenoxy) is 1. The normalized spacial score (nSPS) is 10.6. The van der Waals surface area contributed by atoms with Gasteiger partial charge in [-0.2, -0.15) is 0 Å². The van der Waals surface area contributed by atoms with Crippen molar-refractivity contribution in [2.24, 2.45) is 4.99 Å². The second-order valence-corrected chi connectivity index (χ2v) is 3.72. The highest BCUT2D eigenvalue weighted by molar-refractivity contribution is 5.64. The number of aryl methyl sites for hydroxylation is 1. The summed E-state index contributed by atoms with van der Waals surface area (Å²) in [7, 11) is 0. The van der Waals surface area contributed by atoms with E-state index >= 15 is 0 Å². The van der Waals surface area contributed by atoms with Crippen LogP contribution < -0.4 is 10.2 Å². The number of hydroxylamine groups is 1. The number of rotatable bonds is 4. The lowest BCUT2D eigenvalue weighted by molar-refractivity contribution is 0.240. The SMILES string of the molecule is Cc1ccccc1Oc1ccccc1N=CNO. The summed E-state index contributed by atoms with van der Waals surface area (Å²) in [5.41, 5.74) is 3.56. The number of benzene rings is 2. The van der Waals surface area contributed by atoms with Crippen molar-refractivity contribution in [3.8, 4) is 11.5 Å². The fourth-order valence-corrected chi connectivity index (χ4v) is 1.54. The van der Waals surface area contributed by atoms with Crippen LogP contribution >= 0.6 is 0 Å². The van der Waals surface area contributed by atoms with Crippen LogP contribution in [0.3, 0.4) is 0 Å². The van der Waals surface area contributed by atoms with E-state index in [9.17, 15) is 0 Å². The third-order valence-electron chi connectivity index (χ3n) is 2.44. The fraction of sp³-hybridized carbons (Fsp3) is 0.0714. The molecule has 2 aromatic carbocycles. The van der Waals surface area contributed by atoms with Gasteiger partial charge in [0.1, 0.15) is 17.8 Å². The summed E-state index contributed by atoms with van der Waals surface area (Å²) in [4.78, 5) is 4.04. The maximum atomic E-state index is 8.51. The number of aliphatic imine (C=N–C) groups is 1. The maximum absolute atomic E-state index is 8.51. The van der Waals surface area contributed by atoms with E-state index in [1.807, 2.05) is 54.9 Å². The van der Waals surface area contributed by atoms with Gasteiger partial charge in [0.25, 0.3) is 0 Å². The second-order valence-electron chi connectivity index (χ2n) is 3.72. The Kier molecular flexibility index (Phi) is 3.94. The molecular formula is C14H14N2O2. The summed E-state index contributed by atoms with van der Waals surface area (Å²) in [5.74, 6) is 1.43. The summed E-state index contributed by atoms with van der Waals surface area (Å²) in [6, 6.07) is 15.1. The van der Waals surface area contributed by atoms with Crippen molar-refractivity contribution in [2.75, 3.05) is 0 Å². The standard InChI is InChI=1S/C14H14N2O2/c1-11-6-2-4-8-13(11)18-14-9-5-3-7-12(14)15-10-16-17/h2-10,17H,1H3,(H,15,16). The van der Waals surface area contributed by atoms with Crippen molar-refractivity contribution < 1.29 is 9.94 Å². The second kappa shape index (κ2) is 5.84. The number of nitrogens with zero attached hydrogens (tertiary/aromatic N) is 1. The minimum absolute atomic E-state index is 0.637. The molecule has 2 rings (SSSR count). The molecule has 0 unspecified atom stereocenters. The van der Waals surface area contributed by atoms with Crippen molar-refractivity contribution in [3.05, 3.63) is 54.1 Å². The fourth-order valence-electron chi connectivity index (χ4n) is 1.54. The van der Waals surface area contributed by atoms with Gasteiger partial charge in [-0.05, 0) is 30.7 Å². The summed E-state index contributed by atoms with van der Waals surface area (Å²) < 4.78 is 5.81. The van der Waals surface area contributed by atoms with Gasteiger partial charge in [0.2, 0.25) is 0 Å². The first-order valence-electron chi connectivity index (χ1n) is 5.56. The number of hydrogen-bond donors (Lipinski definition) is 2. The molecule has 0 saturated heterocycles. The van der Waals surface area contributed by atoms with Crippen LogP contribution in [0, 0.1) is 6.92 Å². The van der Waals surface area contributed by atoms with Crippen LogP contribution in [0.2, 0.25) is 0 Å². The Labute approximate surface area is 106 Å². The zero-order valence-corrected chi connectivity index (χ0v) is 10.00. The topological polar surface area (TPSA) is 53.8 Å². The van der Waals surface area contributed by atoms with Crippen LogP contribution in [0.4, 0.5) is 5.69 Å². The van der Waals surface area contributed by atoms with Crippen molar-refractivity contribution in [3.63, 3.8) is 0 Å². The van der Waals surface area contributed by atoms with Crippen LogP contribution in [0.1, 0.15) is 5.56 Å².